The molecule has 23 heavy (non-hydrogen) atoms. The molecule has 0 bridgehead atoms. The molecule has 2 heterocycles. The number of hydrogen-bond acceptors (Lipinski definition) is 6. The van der Waals surface area contributed by atoms with Crippen molar-refractivity contribution in [3.63, 3.8) is 0 Å². The van der Waals surface area contributed by atoms with Crippen LogP contribution in [0.5, 0.6) is 0 Å². The third-order valence-corrected chi connectivity index (χ3v) is 5.57. The third kappa shape index (κ3) is 3.98. The van der Waals surface area contributed by atoms with Crippen molar-refractivity contribution >= 4 is 11.3 Å². The van der Waals surface area contributed by atoms with Gasteiger partial charge in [-0.2, -0.15) is 4.98 Å². The zero-order chi connectivity index (χ0) is 16.1. The summed E-state index contributed by atoms with van der Waals surface area (Å²) in [5.74, 6) is 1.46. The molecule has 0 aromatic carbocycles. The maximum Gasteiger partial charge on any atom is 0.223 e. The third-order valence-electron chi connectivity index (χ3n) is 4.61. The van der Waals surface area contributed by atoms with E-state index in [0.29, 0.717) is 5.89 Å². The van der Waals surface area contributed by atoms with Crippen molar-refractivity contribution in [1.82, 2.24) is 20.4 Å². The fourth-order valence-corrected chi connectivity index (χ4v) is 4.10. The van der Waals surface area contributed by atoms with Crippen molar-refractivity contribution in [3.8, 4) is 0 Å². The number of aromatic nitrogens is 3. The molecular formula is C17H26N4OS. The van der Waals surface area contributed by atoms with Gasteiger partial charge in [0.25, 0.3) is 0 Å². The molecule has 2 aromatic heterocycles. The summed E-state index contributed by atoms with van der Waals surface area (Å²) in [5.41, 5.74) is 0.981. The van der Waals surface area contributed by atoms with Crippen LogP contribution in [-0.4, -0.2) is 15.1 Å². The molecule has 126 valence electrons. The summed E-state index contributed by atoms with van der Waals surface area (Å²) < 4.78 is 5.23. The Kier molecular flexibility index (Phi) is 5.43. The second kappa shape index (κ2) is 7.53. The number of nitrogens with zero attached hydrogens (tertiary/aromatic N) is 3. The SMILES string of the molecule is CCCCc1nc(CNC2(c3noc(C)n3)CCCCC2)cs1. The Balaban J connectivity index is 1.68. The van der Waals surface area contributed by atoms with Crippen LogP contribution in [0.15, 0.2) is 9.90 Å². The molecule has 1 aliphatic carbocycles. The number of thiazole rings is 1. The van der Waals surface area contributed by atoms with Crippen molar-refractivity contribution < 1.29 is 4.52 Å². The zero-order valence-electron chi connectivity index (χ0n) is 14.1. The fraction of sp³-hybridized carbons (Fsp3) is 0.706. The molecule has 0 atom stereocenters. The average molecular weight is 334 g/mol. The van der Waals surface area contributed by atoms with E-state index in [9.17, 15) is 0 Å². The van der Waals surface area contributed by atoms with Gasteiger partial charge in [-0.1, -0.05) is 37.8 Å². The summed E-state index contributed by atoms with van der Waals surface area (Å²) in [4.78, 5) is 9.26. The van der Waals surface area contributed by atoms with Gasteiger partial charge < -0.3 is 4.52 Å². The summed E-state index contributed by atoms with van der Waals surface area (Å²) in [6, 6.07) is 0. The highest BCUT2D eigenvalue weighted by Gasteiger charge is 2.37. The molecule has 5 nitrogen and oxygen atoms in total. The molecule has 3 rings (SSSR count). The van der Waals surface area contributed by atoms with Gasteiger partial charge in [-0.3, -0.25) is 5.32 Å². The molecule has 2 aromatic rings. The van der Waals surface area contributed by atoms with Crippen molar-refractivity contribution in [3.05, 3.63) is 27.8 Å². The van der Waals surface area contributed by atoms with Crippen molar-refractivity contribution in [2.45, 2.75) is 77.3 Å². The Bertz CT molecular complexity index is 616. The van der Waals surface area contributed by atoms with Gasteiger partial charge in [-0.15, -0.1) is 11.3 Å². The maximum absolute atomic E-state index is 5.23. The first kappa shape index (κ1) is 16.6. The van der Waals surface area contributed by atoms with Crippen molar-refractivity contribution in [1.29, 1.82) is 0 Å². The van der Waals surface area contributed by atoms with Crippen LogP contribution in [0.25, 0.3) is 0 Å². The summed E-state index contributed by atoms with van der Waals surface area (Å²) in [6.07, 6.45) is 9.37. The lowest BCUT2D eigenvalue weighted by Gasteiger charge is -2.35. The number of hydrogen-bond donors (Lipinski definition) is 1. The molecule has 0 unspecified atom stereocenters. The molecule has 0 saturated heterocycles. The van der Waals surface area contributed by atoms with E-state index in [1.165, 1.54) is 37.1 Å². The van der Waals surface area contributed by atoms with Gasteiger partial charge in [-0.25, -0.2) is 4.98 Å². The lowest BCUT2D eigenvalue weighted by molar-refractivity contribution is 0.210. The maximum atomic E-state index is 5.23. The molecule has 0 aliphatic heterocycles. The zero-order valence-corrected chi connectivity index (χ0v) is 14.9. The lowest BCUT2D eigenvalue weighted by Crippen LogP contribution is -2.44. The molecule has 0 radical (unpaired) electrons. The van der Waals surface area contributed by atoms with Gasteiger partial charge in [-0.05, 0) is 25.7 Å². The fourth-order valence-electron chi connectivity index (χ4n) is 3.26. The summed E-state index contributed by atoms with van der Waals surface area (Å²) >= 11 is 1.77. The Morgan fingerprint density at radius 1 is 1.26 bits per heavy atom. The van der Waals surface area contributed by atoms with E-state index in [4.69, 9.17) is 9.51 Å². The molecule has 1 aliphatic rings. The van der Waals surface area contributed by atoms with Crippen molar-refractivity contribution in [2.24, 2.45) is 0 Å². The Labute approximate surface area is 141 Å². The first-order valence-electron chi connectivity index (χ1n) is 8.71. The number of nitrogens with one attached hydrogen (secondary N) is 1. The summed E-state index contributed by atoms with van der Waals surface area (Å²) in [5, 5.41) is 11.3. The summed E-state index contributed by atoms with van der Waals surface area (Å²) in [6.45, 7) is 4.85. The van der Waals surface area contributed by atoms with Crippen LogP contribution in [-0.2, 0) is 18.5 Å². The van der Waals surface area contributed by atoms with E-state index in [-0.39, 0.29) is 5.54 Å². The van der Waals surface area contributed by atoms with E-state index in [1.54, 1.807) is 11.3 Å². The van der Waals surface area contributed by atoms with E-state index >= 15 is 0 Å². The highest BCUT2D eigenvalue weighted by atomic mass is 32.1. The van der Waals surface area contributed by atoms with E-state index in [0.717, 1.165) is 37.3 Å². The number of rotatable bonds is 7. The van der Waals surface area contributed by atoms with Crippen LogP contribution >= 0.6 is 11.3 Å². The number of unbranched alkanes of at least 4 members (excludes halogenated alkanes) is 1. The predicted molar refractivity (Wildman–Crippen MR) is 91.4 cm³/mol. The first-order valence-corrected chi connectivity index (χ1v) is 9.59. The quantitative estimate of drug-likeness (QED) is 0.825. The second-order valence-electron chi connectivity index (χ2n) is 6.47. The average Bonchev–Trinajstić information content (AvgIpc) is 3.21. The molecular weight excluding hydrogens is 308 g/mol. The topological polar surface area (TPSA) is 63.8 Å². The van der Waals surface area contributed by atoms with Crippen molar-refractivity contribution in [2.75, 3.05) is 0 Å². The minimum Gasteiger partial charge on any atom is -0.340 e. The van der Waals surface area contributed by atoms with E-state index in [2.05, 4.69) is 27.8 Å². The van der Waals surface area contributed by atoms with Crippen LogP contribution in [0.4, 0.5) is 0 Å². The minimum absolute atomic E-state index is 0.150. The van der Waals surface area contributed by atoms with Gasteiger partial charge in [0, 0.05) is 18.8 Å². The minimum atomic E-state index is -0.150. The van der Waals surface area contributed by atoms with Crippen LogP contribution in [0.1, 0.15) is 74.3 Å². The second-order valence-corrected chi connectivity index (χ2v) is 7.41. The molecule has 0 spiro atoms. The van der Waals surface area contributed by atoms with E-state index < -0.39 is 0 Å². The van der Waals surface area contributed by atoms with Gasteiger partial charge in [0.2, 0.25) is 5.89 Å². The molecule has 1 saturated carbocycles. The standard InChI is InChI=1S/C17H26N4OS/c1-3-4-8-15-20-14(12-23-15)11-18-17(9-6-5-7-10-17)16-19-13(2)22-21-16/h12,18H,3-11H2,1-2H3. The predicted octanol–water partition coefficient (Wildman–Crippen LogP) is 4.13. The molecule has 6 heteroatoms. The highest BCUT2D eigenvalue weighted by Crippen LogP contribution is 2.36. The lowest BCUT2D eigenvalue weighted by atomic mass is 9.81. The van der Waals surface area contributed by atoms with Gasteiger partial charge in [0.15, 0.2) is 5.82 Å². The number of aryl methyl sites for hydroxylation is 2. The molecule has 1 N–H and O–H groups in total. The largest absolute Gasteiger partial charge is 0.340 e. The molecule has 1 fully saturated rings. The van der Waals surface area contributed by atoms with Crippen LogP contribution in [0, 0.1) is 6.92 Å². The summed E-state index contributed by atoms with van der Waals surface area (Å²) in [7, 11) is 0. The Morgan fingerprint density at radius 3 is 2.78 bits per heavy atom. The normalized spacial score (nSPS) is 17.5. The van der Waals surface area contributed by atoms with Gasteiger partial charge in [0.05, 0.1) is 16.2 Å². The highest BCUT2D eigenvalue weighted by molar-refractivity contribution is 7.09. The monoisotopic (exact) mass is 334 g/mol. The Morgan fingerprint density at radius 2 is 2.09 bits per heavy atom. The van der Waals surface area contributed by atoms with E-state index in [1.807, 2.05) is 6.92 Å². The Hall–Kier alpha value is -1.27. The van der Waals surface area contributed by atoms with Crippen LogP contribution in [0.3, 0.4) is 0 Å². The van der Waals surface area contributed by atoms with Crippen LogP contribution < -0.4 is 5.32 Å². The molecule has 0 amide bonds. The van der Waals surface area contributed by atoms with Gasteiger partial charge >= 0.3 is 0 Å². The first-order chi connectivity index (χ1) is 11.2. The smallest absolute Gasteiger partial charge is 0.223 e. The van der Waals surface area contributed by atoms with Gasteiger partial charge in [0.1, 0.15) is 0 Å². The van der Waals surface area contributed by atoms with Crippen LogP contribution in [0.2, 0.25) is 0 Å².